The number of hydrogen-bond donors (Lipinski definition) is 2. The molecule has 0 saturated carbocycles. The predicted molar refractivity (Wildman–Crippen MR) is 87.1 cm³/mol. The zero-order valence-corrected chi connectivity index (χ0v) is 13.5. The SMILES string of the molecule is CSCCC(C)NC(=O)c1ccc(-c2n[nH]c(=S)o2)cc1. The number of aromatic amines is 1. The highest BCUT2D eigenvalue weighted by Gasteiger charge is 2.10. The lowest BCUT2D eigenvalue weighted by Gasteiger charge is -2.13. The molecular weight excluding hydrogens is 306 g/mol. The Morgan fingerprint density at radius 3 is 2.76 bits per heavy atom. The van der Waals surface area contributed by atoms with Crippen LogP contribution in [0.25, 0.3) is 11.5 Å². The molecule has 0 radical (unpaired) electrons. The maximum absolute atomic E-state index is 12.1. The molecular formula is C14H17N3O2S2. The van der Waals surface area contributed by atoms with Gasteiger partial charge < -0.3 is 9.73 Å². The van der Waals surface area contributed by atoms with Crippen LogP contribution in [0.3, 0.4) is 0 Å². The fourth-order valence-electron chi connectivity index (χ4n) is 1.79. The van der Waals surface area contributed by atoms with Gasteiger partial charge in [-0.25, -0.2) is 5.10 Å². The Labute approximate surface area is 132 Å². The second kappa shape index (κ2) is 7.42. The number of nitrogens with one attached hydrogen (secondary N) is 2. The first-order valence-corrected chi connectivity index (χ1v) is 8.36. The lowest BCUT2D eigenvalue weighted by atomic mass is 10.1. The fraction of sp³-hybridized carbons (Fsp3) is 0.357. The molecule has 1 unspecified atom stereocenters. The van der Waals surface area contributed by atoms with Crippen LogP contribution < -0.4 is 5.32 Å². The van der Waals surface area contributed by atoms with Gasteiger partial charge in [-0.15, -0.1) is 5.10 Å². The van der Waals surface area contributed by atoms with E-state index in [1.807, 2.05) is 6.92 Å². The van der Waals surface area contributed by atoms with E-state index >= 15 is 0 Å². The van der Waals surface area contributed by atoms with E-state index in [1.165, 1.54) is 0 Å². The minimum Gasteiger partial charge on any atom is -0.409 e. The summed E-state index contributed by atoms with van der Waals surface area (Å²) in [7, 11) is 0. The lowest BCUT2D eigenvalue weighted by molar-refractivity contribution is 0.0939. The highest BCUT2D eigenvalue weighted by atomic mass is 32.2. The second-order valence-electron chi connectivity index (χ2n) is 4.65. The molecule has 1 aromatic heterocycles. The standard InChI is InChI=1S/C14H17N3O2S2/c1-9(7-8-21-2)15-12(18)10-3-5-11(6-4-10)13-16-17-14(20)19-13/h3-6,9H,7-8H2,1-2H3,(H,15,18)(H,17,20). The molecule has 1 heterocycles. The molecule has 0 aliphatic rings. The first-order chi connectivity index (χ1) is 10.1. The van der Waals surface area contributed by atoms with Crippen molar-refractivity contribution in [3.63, 3.8) is 0 Å². The molecule has 1 aromatic carbocycles. The molecule has 0 spiro atoms. The zero-order valence-electron chi connectivity index (χ0n) is 11.9. The minimum atomic E-state index is -0.0712. The highest BCUT2D eigenvalue weighted by molar-refractivity contribution is 7.98. The Balaban J connectivity index is 2.01. The quantitative estimate of drug-likeness (QED) is 0.798. The molecule has 112 valence electrons. The van der Waals surface area contributed by atoms with Crippen molar-refractivity contribution in [2.24, 2.45) is 0 Å². The maximum atomic E-state index is 12.1. The molecule has 2 rings (SSSR count). The maximum Gasteiger partial charge on any atom is 0.284 e. The molecule has 5 nitrogen and oxygen atoms in total. The largest absolute Gasteiger partial charge is 0.409 e. The molecule has 1 amide bonds. The Morgan fingerprint density at radius 1 is 1.48 bits per heavy atom. The molecule has 0 aliphatic carbocycles. The summed E-state index contributed by atoms with van der Waals surface area (Å²) in [6.07, 6.45) is 3.01. The van der Waals surface area contributed by atoms with Crippen LogP contribution in [0, 0.1) is 4.84 Å². The Kier molecular flexibility index (Phi) is 5.58. The van der Waals surface area contributed by atoms with Crippen LogP contribution >= 0.6 is 24.0 Å². The van der Waals surface area contributed by atoms with Gasteiger partial charge in [-0.1, -0.05) is 0 Å². The third-order valence-electron chi connectivity index (χ3n) is 2.96. The molecule has 0 fully saturated rings. The van der Waals surface area contributed by atoms with Crippen molar-refractivity contribution in [3.8, 4) is 11.5 Å². The van der Waals surface area contributed by atoms with Crippen molar-refractivity contribution in [2.75, 3.05) is 12.0 Å². The minimum absolute atomic E-state index is 0.0712. The van der Waals surface area contributed by atoms with Crippen molar-refractivity contribution < 1.29 is 9.21 Å². The van der Waals surface area contributed by atoms with E-state index in [0.29, 0.717) is 11.5 Å². The van der Waals surface area contributed by atoms with E-state index in [1.54, 1.807) is 36.0 Å². The number of benzene rings is 1. The molecule has 7 heteroatoms. The third kappa shape index (κ3) is 4.44. The van der Waals surface area contributed by atoms with Crippen LogP contribution in [0.1, 0.15) is 23.7 Å². The van der Waals surface area contributed by atoms with Gasteiger partial charge in [0.2, 0.25) is 5.89 Å². The van der Waals surface area contributed by atoms with E-state index in [9.17, 15) is 4.79 Å². The normalized spacial score (nSPS) is 12.1. The van der Waals surface area contributed by atoms with Crippen molar-refractivity contribution >= 4 is 29.9 Å². The number of carbonyl (C=O) groups is 1. The second-order valence-corrected chi connectivity index (χ2v) is 6.01. The molecule has 0 aliphatic heterocycles. The molecule has 0 saturated heterocycles. The zero-order chi connectivity index (χ0) is 15.2. The number of amides is 1. The van der Waals surface area contributed by atoms with Crippen LogP contribution in [0.15, 0.2) is 28.7 Å². The van der Waals surface area contributed by atoms with Crippen LogP contribution in [-0.4, -0.2) is 34.2 Å². The van der Waals surface area contributed by atoms with E-state index in [2.05, 4.69) is 21.8 Å². The van der Waals surface area contributed by atoms with E-state index in [0.717, 1.165) is 17.7 Å². The summed E-state index contributed by atoms with van der Waals surface area (Å²) in [4.78, 5) is 12.3. The highest BCUT2D eigenvalue weighted by Crippen LogP contribution is 2.17. The van der Waals surface area contributed by atoms with Gasteiger partial charge in [0.15, 0.2) is 0 Å². The number of nitrogens with zero attached hydrogens (tertiary/aromatic N) is 1. The van der Waals surface area contributed by atoms with Crippen molar-refractivity contribution in [2.45, 2.75) is 19.4 Å². The fourth-order valence-corrected chi connectivity index (χ4v) is 2.51. The van der Waals surface area contributed by atoms with Gasteiger partial charge >= 0.3 is 0 Å². The van der Waals surface area contributed by atoms with Gasteiger partial charge in [-0.05, 0) is 61.8 Å². The number of thioether (sulfide) groups is 1. The molecule has 0 bridgehead atoms. The van der Waals surface area contributed by atoms with Crippen LogP contribution in [0.5, 0.6) is 0 Å². The Hall–Kier alpha value is -1.60. The average Bonchev–Trinajstić information content (AvgIpc) is 2.92. The summed E-state index contributed by atoms with van der Waals surface area (Å²) < 4.78 is 5.22. The molecule has 1 atom stereocenters. The van der Waals surface area contributed by atoms with E-state index in [-0.39, 0.29) is 16.8 Å². The predicted octanol–water partition coefficient (Wildman–Crippen LogP) is 3.27. The van der Waals surface area contributed by atoms with Gasteiger partial charge in [0.05, 0.1) is 0 Å². The average molecular weight is 323 g/mol. The Bertz CT molecular complexity index is 649. The summed E-state index contributed by atoms with van der Waals surface area (Å²) in [5.74, 6) is 1.38. The first-order valence-electron chi connectivity index (χ1n) is 6.56. The smallest absolute Gasteiger partial charge is 0.284 e. The van der Waals surface area contributed by atoms with Gasteiger partial charge in [0.1, 0.15) is 0 Å². The van der Waals surface area contributed by atoms with Crippen molar-refractivity contribution in [1.82, 2.24) is 15.5 Å². The first kappa shape index (κ1) is 15.8. The van der Waals surface area contributed by atoms with Crippen LogP contribution in [-0.2, 0) is 0 Å². The molecule has 21 heavy (non-hydrogen) atoms. The summed E-state index contributed by atoms with van der Waals surface area (Å²) in [6, 6.07) is 7.23. The lowest BCUT2D eigenvalue weighted by Crippen LogP contribution is -2.32. The van der Waals surface area contributed by atoms with Gasteiger partial charge in [-0.3, -0.25) is 4.79 Å². The summed E-state index contributed by atoms with van der Waals surface area (Å²) in [5.41, 5.74) is 1.39. The number of carbonyl (C=O) groups excluding carboxylic acids is 1. The van der Waals surface area contributed by atoms with E-state index < -0.39 is 0 Å². The molecule has 2 aromatic rings. The van der Waals surface area contributed by atoms with Crippen LogP contribution in [0.4, 0.5) is 0 Å². The third-order valence-corrected chi connectivity index (χ3v) is 3.78. The number of H-pyrrole nitrogens is 1. The Morgan fingerprint density at radius 2 is 2.19 bits per heavy atom. The summed E-state index contributed by atoms with van der Waals surface area (Å²) >= 11 is 6.61. The van der Waals surface area contributed by atoms with Crippen LogP contribution in [0.2, 0.25) is 0 Å². The van der Waals surface area contributed by atoms with Crippen molar-refractivity contribution in [1.29, 1.82) is 0 Å². The summed E-state index contributed by atoms with van der Waals surface area (Å²) in [5, 5.41) is 9.49. The van der Waals surface area contributed by atoms with Crippen molar-refractivity contribution in [3.05, 3.63) is 34.7 Å². The van der Waals surface area contributed by atoms with Gasteiger partial charge in [0, 0.05) is 17.2 Å². The van der Waals surface area contributed by atoms with E-state index in [4.69, 9.17) is 16.6 Å². The number of hydrogen-bond acceptors (Lipinski definition) is 5. The number of rotatable bonds is 6. The number of aromatic nitrogens is 2. The van der Waals surface area contributed by atoms with Gasteiger partial charge in [0.25, 0.3) is 10.7 Å². The van der Waals surface area contributed by atoms with Gasteiger partial charge in [-0.2, -0.15) is 11.8 Å². The molecule has 2 N–H and O–H groups in total. The monoisotopic (exact) mass is 323 g/mol. The topological polar surface area (TPSA) is 70.9 Å². The summed E-state index contributed by atoms with van der Waals surface area (Å²) in [6.45, 7) is 2.01.